The molecule has 21 heavy (non-hydrogen) atoms. The molecule has 3 rings (SSSR count). The van der Waals surface area contributed by atoms with Crippen LogP contribution >= 0.6 is 11.8 Å². The second kappa shape index (κ2) is 6.52. The van der Waals surface area contributed by atoms with Crippen LogP contribution in [0.25, 0.3) is 6.08 Å². The van der Waals surface area contributed by atoms with Gasteiger partial charge in [-0.05, 0) is 46.9 Å². The minimum absolute atomic E-state index is 0.182. The van der Waals surface area contributed by atoms with Crippen LogP contribution in [0.4, 0.5) is 0 Å². The van der Waals surface area contributed by atoms with Gasteiger partial charge in [0.2, 0.25) is 0 Å². The van der Waals surface area contributed by atoms with Gasteiger partial charge in [-0.1, -0.05) is 24.6 Å². The average Bonchev–Trinajstić information content (AvgIpc) is 2.96. The normalized spacial score (nSPS) is 27.3. The number of thioether (sulfide) groups is 1. The first kappa shape index (κ1) is 14.5. The number of Topliss-reactive ketones (excluding diaryl/α,β-unsaturated/α-hetero) is 1. The third-order valence-electron chi connectivity index (χ3n) is 4.26. The number of ether oxygens (including phenoxy) is 1. The molecule has 0 saturated heterocycles. The Morgan fingerprint density at radius 3 is 3.05 bits per heavy atom. The lowest BCUT2D eigenvalue weighted by atomic mass is 9.78. The lowest BCUT2D eigenvalue weighted by Gasteiger charge is -2.26. The number of rotatable bonds is 3. The van der Waals surface area contributed by atoms with E-state index in [1.54, 1.807) is 18.9 Å². The molecule has 0 N–H and O–H groups in total. The number of ketones is 1. The van der Waals surface area contributed by atoms with Gasteiger partial charge in [0.05, 0.1) is 7.11 Å². The summed E-state index contributed by atoms with van der Waals surface area (Å²) in [5.74, 6) is 1.76. The summed E-state index contributed by atoms with van der Waals surface area (Å²) < 4.78 is 5.27. The van der Waals surface area contributed by atoms with Crippen LogP contribution in [0.3, 0.4) is 0 Å². The molecule has 0 radical (unpaired) electrons. The van der Waals surface area contributed by atoms with E-state index in [1.807, 2.05) is 18.2 Å². The van der Waals surface area contributed by atoms with Gasteiger partial charge in [-0.2, -0.15) is 0 Å². The molecular formula is C18H20O2S. The first-order valence-electron chi connectivity index (χ1n) is 7.49. The molecule has 2 aliphatic rings. The Labute approximate surface area is 130 Å². The molecule has 0 amide bonds. The van der Waals surface area contributed by atoms with E-state index in [-0.39, 0.29) is 11.8 Å². The fourth-order valence-electron chi connectivity index (χ4n) is 3.12. The molecule has 1 heterocycles. The maximum absolute atomic E-state index is 12.2. The minimum atomic E-state index is 0.182. The molecule has 0 aromatic heterocycles. The molecule has 1 saturated carbocycles. The van der Waals surface area contributed by atoms with E-state index in [2.05, 4.69) is 23.6 Å². The van der Waals surface area contributed by atoms with Gasteiger partial charge in [-0.3, -0.25) is 4.79 Å². The molecule has 1 fully saturated rings. The molecule has 1 aromatic carbocycles. The second-order valence-corrected chi connectivity index (χ2v) is 6.59. The summed E-state index contributed by atoms with van der Waals surface area (Å²) in [6.07, 6.45) is 8.42. The monoisotopic (exact) mass is 300 g/mol. The van der Waals surface area contributed by atoms with Gasteiger partial charge in [-0.25, -0.2) is 0 Å². The van der Waals surface area contributed by atoms with E-state index in [9.17, 15) is 4.79 Å². The van der Waals surface area contributed by atoms with Gasteiger partial charge in [0, 0.05) is 18.3 Å². The van der Waals surface area contributed by atoms with Crippen molar-refractivity contribution in [1.82, 2.24) is 0 Å². The van der Waals surface area contributed by atoms with Gasteiger partial charge in [-0.15, -0.1) is 11.8 Å². The van der Waals surface area contributed by atoms with Gasteiger partial charge in [0.15, 0.2) is 0 Å². The van der Waals surface area contributed by atoms with Crippen molar-refractivity contribution in [2.45, 2.75) is 25.7 Å². The van der Waals surface area contributed by atoms with Crippen molar-refractivity contribution in [3.8, 4) is 5.75 Å². The van der Waals surface area contributed by atoms with Gasteiger partial charge in [0.1, 0.15) is 11.5 Å². The molecule has 1 aromatic rings. The third kappa shape index (κ3) is 3.24. The zero-order valence-electron chi connectivity index (χ0n) is 12.2. The smallest absolute Gasteiger partial charge is 0.136 e. The van der Waals surface area contributed by atoms with E-state index in [4.69, 9.17) is 4.74 Å². The zero-order chi connectivity index (χ0) is 14.7. The van der Waals surface area contributed by atoms with Crippen LogP contribution in [-0.2, 0) is 4.79 Å². The van der Waals surface area contributed by atoms with E-state index < -0.39 is 0 Å². The Balaban J connectivity index is 1.83. The number of methoxy groups -OCH3 is 1. The van der Waals surface area contributed by atoms with Crippen molar-refractivity contribution in [1.29, 1.82) is 0 Å². The first-order chi connectivity index (χ1) is 10.3. The molecule has 2 unspecified atom stereocenters. The Morgan fingerprint density at radius 2 is 2.24 bits per heavy atom. The minimum Gasteiger partial charge on any atom is -0.497 e. The Hall–Kier alpha value is -1.48. The molecule has 0 spiro atoms. The first-order valence-corrected chi connectivity index (χ1v) is 8.37. The van der Waals surface area contributed by atoms with Crippen LogP contribution in [-0.4, -0.2) is 12.9 Å². The molecule has 1 aliphatic carbocycles. The molecule has 2 atom stereocenters. The maximum atomic E-state index is 12.2. The predicted molar refractivity (Wildman–Crippen MR) is 88.2 cm³/mol. The van der Waals surface area contributed by atoms with E-state index >= 15 is 0 Å². The fraction of sp³-hybridized carbons (Fsp3) is 0.389. The molecule has 3 heteroatoms. The van der Waals surface area contributed by atoms with Crippen molar-refractivity contribution >= 4 is 23.6 Å². The largest absolute Gasteiger partial charge is 0.497 e. The number of hydrogen-bond donors (Lipinski definition) is 0. The highest BCUT2D eigenvalue weighted by atomic mass is 32.2. The summed E-state index contributed by atoms with van der Waals surface area (Å²) >= 11 is 1.74. The highest BCUT2D eigenvalue weighted by Crippen LogP contribution is 2.43. The van der Waals surface area contributed by atoms with Gasteiger partial charge in [0.25, 0.3) is 0 Å². The third-order valence-corrected chi connectivity index (χ3v) is 5.21. The van der Waals surface area contributed by atoms with Crippen molar-refractivity contribution in [2.75, 3.05) is 7.11 Å². The van der Waals surface area contributed by atoms with Crippen LogP contribution in [0.15, 0.2) is 40.7 Å². The molecular weight excluding hydrogens is 280 g/mol. The Bertz CT molecular complexity index is 589. The summed E-state index contributed by atoms with van der Waals surface area (Å²) in [7, 11) is 1.68. The van der Waals surface area contributed by atoms with E-state index in [0.717, 1.165) is 30.6 Å². The van der Waals surface area contributed by atoms with Crippen LogP contribution in [0, 0.1) is 11.8 Å². The Morgan fingerprint density at radius 1 is 1.33 bits per heavy atom. The van der Waals surface area contributed by atoms with Crippen LogP contribution in [0.1, 0.15) is 31.2 Å². The number of carbonyl (C=O) groups is 1. The van der Waals surface area contributed by atoms with Crippen LogP contribution in [0.2, 0.25) is 0 Å². The van der Waals surface area contributed by atoms with Crippen molar-refractivity contribution < 1.29 is 9.53 Å². The van der Waals surface area contributed by atoms with Crippen molar-refractivity contribution in [3.63, 3.8) is 0 Å². The van der Waals surface area contributed by atoms with Crippen LogP contribution in [0.5, 0.6) is 5.75 Å². The SMILES string of the molecule is COc1cccc(C=C2SC=CC2C2CCCCC2=O)c1. The quantitative estimate of drug-likeness (QED) is 0.811. The summed E-state index contributed by atoms with van der Waals surface area (Å²) in [4.78, 5) is 13.5. The van der Waals surface area contributed by atoms with Crippen molar-refractivity contribution in [2.24, 2.45) is 11.8 Å². The maximum Gasteiger partial charge on any atom is 0.136 e. The Kier molecular flexibility index (Phi) is 4.49. The lowest BCUT2D eigenvalue weighted by Crippen LogP contribution is -2.25. The van der Waals surface area contributed by atoms with E-state index in [1.165, 1.54) is 11.3 Å². The zero-order valence-corrected chi connectivity index (χ0v) is 13.1. The van der Waals surface area contributed by atoms with E-state index in [0.29, 0.717) is 5.78 Å². The number of benzene rings is 1. The average molecular weight is 300 g/mol. The molecule has 2 nitrogen and oxygen atoms in total. The van der Waals surface area contributed by atoms with Crippen LogP contribution < -0.4 is 4.74 Å². The highest BCUT2D eigenvalue weighted by Gasteiger charge is 2.32. The van der Waals surface area contributed by atoms with Crippen molar-refractivity contribution in [3.05, 3.63) is 46.2 Å². The molecule has 110 valence electrons. The fourth-order valence-corrected chi connectivity index (χ4v) is 4.13. The van der Waals surface area contributed by atoms with Gasteiger partial charge < -0.3 is 4.74 Å². The topological polar surface area (TPSA) is 26.3 Å². The molecule has 1 aliphatic heterocycles. The number of hydrogen-bond acceptors (Lipinski definition) is 3. The summed E-state index contributed by atoms with van der Waals surface area (Å²) in [5, 5.41) is 2.12. The number of allylic oxidation sites excluding steroid dienone is 2. The summed E-state index contributed by atoms with van der Waals surface area (Å²) in [6, 6.07) is 8.06. The second-order valence-electron chi connectivity index (χ2n) is 5.61. The molecule has 0 bridgehead atoms. The summed E-state index contributed by atoms with van der Waals surface area (Å²) in [6.45, 7) is 0. The van der Waals surface area contributed by atoms with Gasteiger partial charge >= 0.3 is 0 Å². The standard InChI is InChI=1S/C18H20O2S/c1-20-14-6-4-5-13(11-14)12-18-16(9-10-21-18)15-7-2-3-8-17(15)19/h4-6,9-12,15-16H,2-3,7-8H2,1H3. The lowest BCUT2D eigenvalue weighted by molar-refractivity contribution is -0.125. The predicted octanol–water partition coefficient (Wildman–Crippen LogP) is 4.67. The highest BCUT2D eigenvalue weighted by molar-refractivity contribution is 8.06. The summed E-state index contributed by atoms with van der Waals surface area (Å²) in [5.41, 5.74) is 1.13. The number of carbonyl (C=O) groups excluding carboxylic acids is 1.